The molecule has 1 aliphatic heterocycles. The van der Waals surface area contributed by atoms with E-state index in [0.29, 0.717) is 35.2 Å². The van der Waals surface area contributed by atoms with E-state index in [9.17, 15) is 9.59 Å². The number of halogens is 2. The number of benzene rings is 1. The number of nitrogens with one attached hydrogen (secondary N) is 2. The number of piperidine rings is 1. The maximum Gasteiger partial charge on any atom is 0.225 e. The van der Waals surface area contributed by atoms with Crippen LogP contribution in [0.1, 0.15) is 51.9 Å². The molecule has 0 radical (unpaired) electrons. The molecule has 28 heavy (non-hydrogen) atoms. The molecule has 1 aromatic rings. The highest BCUT2D eigenvalue weighted by Gasteiger charge is 2.25. The van der Waals surface area contributed by atoms with Crippen LogP contribution in [0.25, 0.3) is 0 Å². The van der Waals surface area contributed by atoms with Crippen LogP contribution in [0.3, 0.4) is 0 Å². The van der Waals surface area contributed by atoms with Gasteiger partial charge in [-0.1, -0.05) is 49.4 Å². The molecule has 0 bridgehead atoms. The summed E-state index contributed by atoms with van der Waals surface area (Å²) in [4.78, 5) is 26.8. The van der Waals surface area contributed by atoms with Crippen molar-refractivity contribution in [2.24, 2.45) is 5.92 Å². The normalized spacial score (nSPS) is 17.3. The van der Waals surface area contributed by atoms with Crippen molar-refractivity contribution in [1.82, 2.24) is 10.2 Å². The first-order chi connectivity index (χ1) is 13.5. The zero-order valence-corrected chi connectivity index (χ0v) is 18.1. The van der Waals surface area contributed by atoms with Gasteiger partial charge in [-0.05, 0) is 44.0 Å². The van der Waals surface area contributed by atoms with E-state index in [1.54, 1.807) is 18.2 Å². The van der Waals surface area contributed by atoms with Gasteiger partial charge in [0.2, 0.25) is 11.8 Å². The summed E-state index contributed by atoms with van der Waals surface area (Å²) in [5, 5.41) is 6.87. The largest absolute Gasteiger partial charge is 0.356 e. The van der Waals surface area contributed by atoms with Gasteiger partial charge in [-0.15, -0.1) is 0 Å². The van der Waals surface area contributed by atoms with Crippen molar-refractivity contribution in [3.8, 4) is 0 Å². The number of hydrogen-bond acceptors (Lipinski definition) is 3. The monoisotopic (exact) mass is 427 g/mol. The van der Waals surface area contributed by atoms with E-state index in [1.165, 1.54) is 19.3 Å². The number of unbranched alkanes of at least 4 members (excludes halogenated alkanes) is 3. The van der Waals surface area contributed by atoms with E-state index in [1.807, 2.05) is 0 Å². The van der Waals surface area contributed by atoms with Gasteiger partial charge in [0.05, 0.1) is 16.6 Å². The summed E-state index contributed by atoms with van der Waals surface area (Å²) >= 11 is 12.0. The Bertz CT molecular complexity index is 655. The second kappa shape index (κ2) is 12.3. The average Bonchev–Trinajstić information content (AvgIpc) is 2.69. The molecule has 0 spiro atoms. The molecule has 1 saturated heterocycles. The lowest BCUT2D eigenvalue weighted by Crippen LogP contribution is -2.44. The van der Waals surface area contributed by atoms with E-state index >= 15 is 0 Å². The van der Waals surface area contributed by atoms with Crippen molar-refractivity contribution in [3.63, 3.8) is 0 Å². The van der Waals surface area contributed by atoms with Gasteiger partial charge in [0, 0.05) is 31.1 Å². The van der Waals surface area contributed by atoms with E-state index in [0.717, 1.165) is 32.4 Å². The van der Waals surface area contributed by atoms with Crippen LogP contribution in [-0.2, 0) is 9.59 Å². The third kappa shape index (κ3) is 7.98. The van der Waals surface area contributed by atoms with Gasteiger partial charge in [-0.3, -0.25) is 9.59 Å². The summed E-state index contributed by atoms with van der Waals surface area (Å²) < 4.78 is 0. The molecular weight excluding hydrogens is 397 g/mol. The average molecular weight is 428 g/mol. The van der Waals surface area contributed by atoms with Crippen molar-refractivity contribution in [3.05, 3.63) is 28.2 Å². The topological polar surface area (TPSA) is 61.4 Å². The lowest BCUT2D eigenvalue weighted by Gasteiger charge is -2.31. The number of carbonyl (C=O) groups excluding carboxylic acids is 2. The van der Waals surface area contributed by atoms with Crippen molar-refractivity contribution >= 4 is 40.7 Å². The van der Waals surface area contributed by atoms with Gasteiger partial charge in [-0.2, -0.15) is 0 Å². The molecule has 1 heterocycles. The third-order valence-electron chi connectivity index (χ3n) is 5.06. The van der Waals surface area contributed by atoms with Crippen LogP contribution in [0.2, 0.25) is 10.0 Å². The van der Waals surface area contributed by atoms with Gasteiger partial charge in [0.1, 0.15) is 0 Å². The highest BCUT2D eigenvalue weighted by molar-refractivity contribution is 6.35. The van der Waals surface area contributed by atoms with Gasteiger partial charge in [-0.25, -0.2) is 0 Å². The van der Waals surface area contributed by atoms with E-state index in [2.05, 4.69) is 22.5 Å². The first kappa shape index (κ1) is 23.0. The van der Waals surface area contributed by atoms with E-state index in [-0.39, 0.29) is 17.7 Å². The minimum Gasteiger partial charge on any atom is -0.356 e. The Labute approximate surface area is 178 Å². The molecule has 156 valence electrons. The van der Waals surface area contributed by atoms with Gasteiger partial charge >= 0.3 is 0 Å². The van der Waals surface area contributed by atoms with E-state index in [4.69, 9.17) is 23.2 Å². The number of anilines is 1. The number of carbonyl (C=O) groups is 2. The highest BCUT2D eigenvalue weighted by Crippen LogP contribution is 2.25. The summed E-state index contributed by atoms with van der Waals surface area (Å²) in [6.07, 6.45) is 6.88. The zero-order valence-electron chi connectivity index (χ0n) is 16.6. The number of rotatable bonds is 10. The highest BCUT2D eigenvalue weighted by atomic mass is 35.5. The Kier molecular flexibility index (Phi) is 10.1. The second-order valence-corrected chi connectivity index (χ2v) is 8.26. The Morgan fingerprint density at radius 2 is 2.04 bits per heavy atom. The summed E-state index contributed by atoms with van der Waals surface area (Å²) in [5.74, 6) is 0.0633. The molecule has 5 nitrogen and oxygen atoms in total. The van der Waals surface area contributed by atoms with E-state index < -0.39 is 0 Å². The predicted octanol–water partition coefficient (Wildman–Crippen LogP) is 4.73. The Morgan fingerprint density at radius 1 is 1.21 bits per heavy atom. The van der Waals surface area contributed by atoms with Crippen molar-refractivity contribution in [1.29, 1.82) is 0 Å². The first-order valence-corrected chi connectivity index (χ1v) is 11.0. The lowest BCUT2D eigenvalue weighted by molar-refractivity contribution is -0.126. The smallest absolute Gasteiger partial charge is 0.225 e. The molecule has 1 fully saturated rings. The molecule has 1 atom stereocenters. The van der Waals surface area contributed by atoms with Crippen LogP contribution in [-0.4, -0.2) is 42.9 Å². The van der Waals surface area contributed by atoms with Gasteiger partial charge in [0.25, 0.3) is 0 Å². The Balaban J connectivity index is 1.71. The molecule has 2 rings (SSSR count). The quantitative estimate of drug-likeness (QED) is 0.530. The maximum absolute atomic E-state index is 12.4. The molecule has 0 aliphatic carbocycles. The molecule has 1 unspecified atom stereocenters. The SMILES string of the molecule is CCCCCCNC(=O)C1CCCN(CCC(=O)Nc2cc(Cl)ccc2Cl)C1. The molecule has 0 aromatic heterocycles. The molecular formula is C21H31Cl2N3O2. The minimum absolute atomic E-state index is 0.0189. The summed E-state index contributed by atoms with van der Waals surface area (Å²) in [7, 11) is 0. The van der Waals surface area contributed by atoms with Crippen molar-refractivity contribution in [2.45, 2.75) is 51.9 Å². The van der Waals surface area contributed by atoms with Crippen molar-refractivity contribution in [2.75, 3.05) is 31.5 Å². The van der Waals surface area contributed by atoms with Crippen molar-refractivity contribution < 1.29 is 9.59 Å². The number of likely N-dealkylation sites (tertiary alicyclic amines) is 1. The summed E-state index contributed by atoms with van der Waals surface area (Å²) in [6, 6.07) is 4.99. The minimum atomic E-state index is -0.105. The standard InChI is InChI=1S/C21H31Cl2N3O2/c1-2-3-4-5-11-24-21(28)16-7-6-12-26(15-16)13-10-20(27)25-19-14-17(22)8-9-18(19)23/h8-9,14,16H,2-7,10-13,15H2,1H3,(H,24,28)(H,25,27). The Morgan fingerprint density at radius 3 is 2.82 bits per heavy atom. The molecule has 7 heteroatoms. The Hall–Kier alpha value is -1.30. The molecule has 2 N–H and O–H groups in total. The number of hydrogen-bond donors (Lipinski definition) is 2. The van der Waals surface area contributed by atoms with Crippen LogP contribution in [0, 0.1) is 5.92 Å². The molecule has 1 aliphatic rings. The fourth-order valence-electron chi connectivity index (χ4n) is 3.45. The number of amides is 2. The molecule has 0 saturated carbocycles. The maximum atomic E-state index is 12.4. The molecule has 2 amide bonds. The van der Waals surface area contributed by atoms with Crippen LogP contribution in [0.4, 0.5) is 5.69 Å². The summed E-state index contributed by atoms with van der Waals surface area (Å²) in [6.45, 7) is 5.21. The fraction of sp³-hybridized carbons (Fsp3) is 0.619. The lowest BCUT2D eigenvalue weighted by atomic mass is 9.97. The van der Waals surface area contributed by atoms with Gasteiger partial charge < -0.3 is 15.5 Å². The predicted molar refractivity (Wildman–Crippen MR) is 116 cm³/mol. The van der Waals surface area contributed by atoms with Crippen LogP contribution >= 0.6 is 23.2 Å². The van der Waals surface area contributed by atoms with Crippen LogP contribution < -0.4 is 10.6 Å². The molecule has 1 aromatic carbocycles. The summed E-state index contributed by atoms with van der Waals surface area (Å²) in [5.41, 5.74) is 0.526. The van der Waals surface area contributed by atoms with Crippen LogP contribution in [0.15, 0.2) is 18.2 Å². The van der Waals surface area contributed by atoms with Gasteiger partial charge in [0.15, 0.2) is 0 Å². The zero-order chi connectivity index (χ0) is 20.4. The van der Waals surface area contributed by atoms with Crippen LogP contribution in [0.5, 0.6) is 0 Å². The first-order valence-electron chi connectivity index (χ1n) is 10.2. The second-order valence-electron chi connectivity index (χ2n) is 7.41. The number of nitrogens with zero attached hydrogens (tertiary/aromatic N) is 1. The third-order valence-corrected chi connectivity index (χ3v) is 5.63. The fourth-order valence-corrected chi connectivity index (χ4v) is 3.78.